The van der Waals surface area contributed by atoms with Crippen molar-refractivity contribution >= 4 is 11.4 Å². The normalized spacial score (nSPS) is 11.6. The summed E-state index contributed by atoms with van der Waals surface area (Å²) < 4.78 is 0. The summed E-state index contributed by atoms with van der Waals surface area (Å²) in [4.78, 5) is 31.0. The summed E-state index contributed by atoms with van der Waals surface area (Å²) in [5.74, 6) is -0.484. The van der Waals surface area contributed by atoms with Gasteiger partial charge in [-0.2, -0.15) is 0 Å². The topological polar surface area (TPSA) is 98.3 Å². The van der Waals surface area contributed by atoms with E-state index in [4.69, 9.17) is 0 Å². The number of hydrogen-bond acceptors (Lipinski definition) is 4. The summed E-state index contributed by atoms with van der Waals surface area (Å²) in [6, 6.07) is 7.39. The molecule has 6 heteroatoms. The van der Waals surface area contributed by atoms with Crippen LogP contribution in [0.15, 0.2) is 38.8 Å². The molecule has 0 saturated heterocycles. The highest BCUT2D eigenvalue weighted by molar-refractivity contribution is 6.01. The molecule has 1 heterocycles. The monoisotopic (exact) mass is 259 g/mol. The Morgan fingerprint density at radius 2 is 1.79 bits per heavy atom. The van der Waals surface area contributed by atoms with E-state index in [2.05, 4.69) is 9.98 Å². The average molecular weight is 259 g/mol. The minimum absolute atomic E-state index is 0.0415. The van der Waals surface area contributed by atoms with Gasteiger partial charge in [-0.1, -0.05) is 17.7 Å². The number of hydrogen-bond donors (Lipinski definition) is 3. The lowest BCUT2D eigenvalue weighted by Crippen LogP contribution is -2.27. The van der Waals surface area contributed by atoms with E-state index >= 15 is 0 Å². The van der Waals surface area contributed by atoms with Crippen LogP contribution in [-0.2, 0) is 0 Å². The number of H-pyrrole nitrogens is 2. The molecule has 0 aliphatic heterocycles. The van der Waals surface area contributed by atoms with Crippen molar-refractivity contribution in [2.24, 2.45) is 4.99 Å². The molecule has 0 aliphatic carbocycles. The number of nitrogens with zero attached hydrogens (tertiary/aromatic N) is 1. The minimum Gasteiger partial charge on any atom is -0.494 e. The van der Waals surface area contributed by atoms with Crippen LogP contribution in [0.5, 0.6) is 5.88 Å². The number of aliphatic imine (C=N–C) groups is 1. The van der Waals surface area contributed by atoms with E-state index in [1.165, 1.54) is 0 Å². The second kappa shape index (κ2) is 4.93. The van der Waals surface area contributed by atoms with Crippen LogP contribution >= 0.6 is 0 Å². The fourth-order valence-electron chi connectivity index (χ4n) is 1.68. The molecule has 1 aromatic carbocycles. The van der Waals surface area contributed by atoms with Gasteiger partial charge in [-0.25, -0.2) is 4.79 Å². The van der Waals surface area contributed by atoms with Crippen molar-refractivity contribution in [3.63, 3.8) is 0 Å². The van der Waals surface area contributed by atoms with Crippen LogP contribution in [-0.4, -0.2) is 20.8 Å². The molecule has 0 fully saturated rings. The Hall–Kier alpha value is -2.63. The van der Waals surface area contributed by atoms with Crippen molar-refractivity contribution in [2.45, 2.75) is 13.8 Å². The van der Waals surface area contributed by atoms with Crippen LogP contribution in [0, 0.1) is 6.92 Å². The molecule has 1 aromatic heterocycles. The Morgan fingerprint density at radius 3 is 2.37 bits per heavy atom. The first-order valence-electron chi connectivity index (χ1n) is 5.65. The standard InChI is InChI=1S/C13H13N3O3/c1-7-3-5-9(6-4-7)14-8(2)10-11(17)15-13(19)16-12(10)18/h3-6H,1-2H3,(H3,15,16,17,18,19). The number of rotatable bonds is 2. The van der Waals surface area contributed by atoms with Gasteiger partial charge in [0.15, 0.2) is 0 Å². The molecular formula is C13H13N3O3. The lowest BCUT2D eigenvalue weighted by Gasteiger charge is -2.02. The highest BCUT2D eigenvalue weighted by Crippen LogP contribution is 2.15. The minimum atomic E-state index is -0.755. The zero-order chi connectivity index (χ0) is 14.0. The Bertz CT molecular complexity index is 739. The Balaban J connectivity index is 2.50. The average Bonchev–Trinajstić information content (AvgIpc) is 2.30. The van der Waals surface area contributed by atoms with E-state index in [0.29, 0.717) is 11.4 Å². The number of aromatic hydroxyl groups is 1. The van der Waals surface area contributed by atoms with E-state index in [9.17, 15) is 14.7 Å². The largest absolute Gasteiger partial charge is 0.494 e. The van der Waals surface area contributed by atoms with Crippen LogP contribution in [0.2, 0.25) is 0 Å². The van der Waals surface area contributed by atoms with Gasteiger partial charge in [0.05, 0.1) is 11.4 Å². The molecule has 0 amide bonds. The van der Waals surface area contributed by atoms with E-state index in [1.807, 2.05) is 24.0 Å². The molecule has 0 bridgehead atoms. The maximum atomic E-state index is 11.6. The molecule has 6 nitrogen and oxygen atoms in total. The quantitative estimate of drug-likeness (QED) is 0.707. The van der Waals surface area contributed by atoms with Crippen LogP contribution in [0.3, 0.4) is 0 Å². The molecular weight excluding hydrogens is 246 g/mol. The van der Waals surface area contributed by atoms with Crippen molar-refractivity contribution < 1.29 is 5.11 Å². The molecule has 2 rings (SSSR count). The SMILES string of the molecule is CC(=Nc1ccc(C)cc1)c1c(O)[nH]c(=O)[nH]c1=O. The fraction of sp³-hybridized carbons (Fsp3) is 0.154. The van der Waals surface area contributed by atoms with Gasteiger partial charge in [0.2, 0.25) is 5.88 Å². The van der Waals surface area contributed by atoms with Crippen LogP contribution in [0.1, 0.15) is 18.1 Å². The second-order valence-corrected chi connectivity index (χ2v) is 4.16. The molecule has 3 N–H and O–H groups in total. The maximum absolute atomic E-state index is 11.6. The predicted octanol–water partition coefficient (Wildman–Crippen LogP) is 1.22. The Kier molecular flexibility index (Phi) is 3.33. The summed E-state index contributed by atoms with van der Waals surface area (Å²) in [6.07, 6.45) is 0. The van der Waals surface area contributed by atoms with E-state index in [-0.39, 0.29) is 5.56 Å². The first kappa shape index (κ1) is 12.8. The number of aryl methyl sites for hydroxylation is 1. The molecule has 2 aromatic rings. The van der Waals surface area contributed by atoms with Crippen molar-refractivity contribution in [1.82, 2.24) is 9.97 Å². The van der Waals surface area contributed by atoms with Crippen LogP contribution < -0.4 is 11.2 Å². The lowest BCUT2D eigenvalue weighted by molar-refractivity contribution is 0.447. The number of aromatic nitrogens is 2. The summed E-state index contributed by atoms with van der Waals surface area (Å²) in [5.41, 5.74) is 0.609. The molecule has 0 spiro atoms. The van der Waals surface area contributed by atoms with Crippen LogP contribution in [0.25, 0.3) is 0 Å². The molecule has 98 valence electrons. The summed E-state index contributed by atoms with van der Waals surface area (Å²) in [7, 11) is 0. The van der Waals surface area contributed by atoms with Crippen molar-refractivity contribution in [1.29, 1.82) is 0 Å². The van der Waals surface area contributed by atoms with Gasteiger partial charge in [-0.15, -0.1) is 0 Å². The number of aromatic amines is 2. The van der Waals surface area contributed by atoms with E-state index in [1.54, 1.807) is 19.1 Å². The molecule has 0 aliphatic rings. The first-order chi connectivity index (χ1) is 8.97. The zero-order valence-electron chi connectivity index (χ0n) is 10.5. The van der Waals surface area contributed by atoms with Gasteiger partial charge in [0.25, 0.3) is 5.56 Å². The Labute approximate surface area is 108 Å². The Morgan fingerprint density at radius 1 is 1.16 bits per heavy atom. The van der Waals surface area contributed by atoms with Gasteiger partial charge in [-0.05, 0) is 26.0 Å². The van der Waals surface area contributed by atoms with Gasteiger partial charge in [-0.3, -0.25) is 19.8 Å². The highest BCUT2D eigenvalue weighted by Gasteiger charge is 2.11. The highest BCUT2D eigenvalue weighted by atomic mass is 16.3. The third kappa shape index (κ3) is 2.79. The summed E-state index contributed by atoms with van der Waals surface area (Å²) >= 11 is 0. The predicted molar refractivity (Wildman–Crippen MR) is 72.4 cm³/mol. The van der Waals surface area contributed by atoms with Crippen molar-refractivity contribution in [3.8, 4) is 5.88 Å². The van der Waals surface area contributed by atoms with E-state index < -0.39 is 17.1 Å². The molecule has 19 heavy (non-hydrogen) atoms. The van der Waals surface area contributed by atoms with Gasteiger partial charge in [0, 0.05) is 0 Å². The second-order valence-electron chi connectivity index (χ2n) is 4.16. The van der Waals surface area contributed by atoms with Gasteiger partial charge in [0.1, 0.15) is 5.56 Å². The van der Waals surface area contributed by atoms with Crippen molar-refractivity contribution in [2.75, 3.05) is 0 Å². The number of nitrogens with one attached hydrogen (secondary N) is 2. The molecule has 0 atom stereocenters. The van der Waals surface area contributed by atoms with E-state index in [0.717, 1.165) is 5.56 Å². The summed E-state index contributed by atoms with van der Waals surface area (Å²) in [5, 5.41) is 9.61. The van der Waals surface area contributed by atoms with Gasteiger partial charge < -0.3 is 5.11 Å². The molecule has 0 radical (unpaired) electrons. The third-order valence-electron chi connectivity index (χ3n) is 2.62. The summed E-state index contributed by atoms with van der Waals surface area (Å²) in [6.45, 7) is 3.54. The van der Waals surface area contributed by atoms with Crippen LogP contribution in [0.4, 0.5) is 5.69 Å². The molecule has 0 saturated carbocycles. The third-order valence-corrected chi connectivity index (χ3v) is 2.62. The smallest absolute Gasteiger partial charge is 0.328 e. The maximum Gasteiger partial charge on any atom is 0.328 e. The zero-order valence-corrected chi connectivity index (χ0v) is 10.5. The molecule has 0 unspecified atom stereocenters. The number of benzene rings is 1. The lowest BCUT2D eigenvalue weighted by atomic mass is 10.2. The first-order valence-corrected chi connectivity index (χ1v) is 5.65. The van der Waals surface area contributed by atoms with Gasteiger partial charge >= 0.3 is 5.69 Å². The van der Waals surface area contributed by atoms with Crippen molar-refractivity contribution in [3.05, 3.63) is 56.2 Å². The fourth-order valence-corrected chi connectivity index (χ4v) is 1.68.